The summed E-state index contributed by atoms with van der Waals surface area (Å²) in [4.78, 5) is 19.6. The zero-order chi connectivity index (χ0) is 11.0. The van der Waals surface area contributed by atoms with Crippen molar-refractivity contribution in [3.63, 3.8) is 0 Å². The predicted octanol–water partition coefficient (Wildman–Crippen LogP) is 0.611. The SMILES string of the molecule is O=C1CCNC(c2noc3nccnc23)C1. The Morgan fingerprint density at radius 2 is 2.25 bits per heavy atom. The van der Waals surface area contributed by atoms with Gasteiger partial charge in [0.05, 0.1) is 6.04 Å². The van der Waals surface area contributed by atoms with E-state index >= 15 is 0 Å². The maximum absolute atomic E-state index is 11.4. The Labute approximate surface area is 91.0 Å². The Morgan fingerprint density at radius 1 is 1.38 bits per heavy atom. The van der Waals surface area contributed by atoms with E-state index in [4.69, 9.17) is 4.52 Å². The second-order valence-corrected chi connectivity index (χ2v) is 3.78. The smallest absolute Gasteiger partial charge is 0.276 e. The third-order valence-electron chi connectivity index (χ3n) is 2.69. The van der Waals surface area contributed by atoms with Crippen LogP contribution in [-0.4, -0.2) is 27.5 Å². The average molecular weight is 218 g/mol. The molecule has 0 radical (unpaired) electrons. The highest BCUT2D eigenvalue weighted by Crippen LogP contribution is 2.24. The van der Waals surface area contributed by atoms with E-state index in [9.17, 15) is 4.79 Å². The fraction of sp³-hybridized carbons (Fsp3) is 0.400. The summed E-state index contributed by atoms with van der Waals surface area (Å²) in [5, 5.41) is 7.17. The molecule has 82 valence electrons. The van der Waals surface area contributed by atoms with Crippen molar-refractivity contribution in [3.8, 4) is 0 Å². The van der Waals surface area contributed by atoms with Crippen molar-refractivity contribution in [3.05, 3.63) is 18.1 Å². The monoisotopic (exact) mass is 218 g/mol. The van der Waals surface area contributed by atoms with Crippen LogP contribution in [0, 0.1) is 0 Å². The molecule has 0 aromatic carbocycles. The van der Waals surface area contributed by atoms with Gasteiger partial charge in [-0.3, -0.25) is 4.79 Å². The first-order valence-corrected chi connectivity index (χ1v) is 5.16. The van der Waals surface area contributed by atoms with E-state index in [0.717, 1.165) is 0 Å². The van der Waals surface area contributed by atoms with E-state index in [1.54, 1.807) is 12.4 Å². The molecular weight excluding hydrogens is 208 g/mol. The predicted molar refractivity (Wildman–Crippen MR) is 54.6 cm³/mol. The standard InChI is InChI=1S/C10H10N4O2/c15-6-1-2-11-7(5-6)8-9-10(16-14-8)13-4-3-12-9/h3-4,7,11H,1-2,5H2. The van der Waals surface area contributed by atoms with Crippen molar-refractivity contribution in [2.24, 2.45) is 0 Å². The van der Waals surface area contributed by atoms with Gasteiger partial charge < -0.3 is 9.84 Å². The molecule has 6 nitrogen and oxygen atoms in total. The number of nitrogens with zero attached hydrogens (tertiary/aromatic N) is 3. The Bertz CT molecular complexity index is 536. The van der Waals surface area contributed by atoms with Crippen molar-refractivity contribution in [1.82, 2.24) is 20.4 Å². The van der Waals surface area contributed by atoms with Gasteiger partial charge >= 0.3 is 0 Å². The van der Waals surface area contributed by atoms with Crippen LogP contribution in [0.1, 0.15) is 24.6 Å². The van der Waals surface area contributed by atoms with Gasteiger partial charge in [0.15, 0.2) is 5.52 Å². The summed E-state index contributed by atoms with van der Waals surface area (Å²) in [6.07, 6.45) is 4.17. The summed E-state index contributed by atoms with van der Waals surface area (Å²) in [6.45, 7) is 0.679. The highest BCUT2D eigenvalue weighted by Gasteiger charge is 2.25. The van der Waals surface area contributed by atoms with Gasteiger partial charge in [0.1, 0.15) is 11.5 Å². The topological polar surface area (TPSA) is 80.9 Å². The maximum atomic E-state index is 11.4. The Hall–Kier alpha value is -1.82. The lowest BCUT2D eigenvalue weighted by molar-refractivity contribution is -0.120. The van der Waals surface area contributed by atoms with Gasteiger partial charge in [-0.2, -0.15) is 0 Å². The van der Waals surface area contributed by atoms with Gasteiger partial charge in [-0.15, -0.1) is 0 Å². The van der Waals surface area contributed by atoms with Gasteiger partial charge in [0.2, 0.25) is 0 Å². The first-order valence-electron chi connectivity index (χ1n) is 5.16. The van der Waals surface area contributed by atoms with Crippen LogP contribution in [0.25, 0.3) is 11.2 Å². The normalized spacial score (nSPS) is 21.5. The molecule has 1 N–H and O–H groups in total. The number of aromatic nitrogens is 3. The fourth-order valence-corrected chi connectivity index (χ4v) is 1.91. The third kappa shape index (κ3) is 1.47. The molecule has 0 bridgehead atoms. The van der Waals surface area contributed by atoms with Gasteiger partial charge in [-0.1, -0.05) is 5.16 Å². The van der Waals surface area contributed by atoms with E-state index in [0.29, 0.717) is 36.3 Å². The van der Waals surface area contributed by atoms with Crippen LogP contribution in [0.2, 0.25) is 0 Å². The molecule has 1 aliphatic rings. The largest absolute Gasteiger partial charge is 0.334 e. The van der Waals surface area contributed by atoms with Crippen LogP contribution in [0.3, 0.4) is 0 Å². The minimum atomic E-state index is -0.0980. The molecule has 1 saturated heterocycles. The number of Topliss-reactive ketones (excluding diaryl/α,β-unsaturated/α-hetero) is 1. The summed E-state index contributed by atoms with van der Waals surface area (Å²) < 4.78 is 5.06. The van der Waals surface area contributed by atoms with Crippen LogP contribution in [0.15, 0.2) is 16.9 Å². The third-order valence-corrected chi connectivity index (χ3v) is 2.69. The number of fused-ring (bicyclic) bond motifs is 1. The molecule has 6 heteroatoms. The summed E-state index contributed by atoms with van der Waals surface area (Å²) in [6, 6.07) is -0.0980. The summed E-state index contributed by atoms with van der Waals surface area (Å²) in [7, 11) is 0. The number of carbonyl (C=O) groups is 1. The average Bonchev–Trinajstić information content (AvgIpc) is 2.72. The Kier molecular flexibility index (Phi) is 2.14. The lowest BCUT2D eigenvalue weighted by Gasteiger charge is -2.20. The Balaban J connectivity index is 2.02. The van der Waals surface area contributed by atoms with Crippen LogP contribution >= 0.6 is 0 Å². The van der Waals surface area contributed by atoms with Gasteiger partial charge in [0.25, 0.3) is 5.71 Å². The van der Waals surface area contributed by atoms with Crippen LogP contribution in [0.5, 0.6) is 0 Å². The summed E-state index contributed by atoms with van der Waals surface area (Å²) >= 11 is 0. The zero-order valence-electron chi connectivity index (χ0n) is 8.51. The first-order chi connectivity index (χ1) is 7.84. The highest BCUT2D eigenvalue weighted by molar-refractivity contribution is 5.81. The lowest BCUT2D eigenvalue weighted by Crippen LogP contribution is -2.32. The molecule has 1 fully saturated rings. The number of hydrogen-bond donors (Lipinski definition) is 1. The molecule has 3 rings (SSSR count). The van der Waals surface area contributed by atoms with E-state index in [1.165, 1.54) is 0 Å². The molecule has 0 aliphatic carbocycles. The quantitative estimate of drug-likeness (QED) is 0.755. The molecule has 1 atom stereocenters. The number of rotatable bonds is 1. The van der Waals surface area contributed by atoms with E-state index in [1.807, 2.05) is 0 Å². The number of nitrogens with one attached hydrogen (secondary N) is 1. The van der Waals surface area contributed by atoms with Crippen molar-refractivity contribution in [2.75, 3.05) is 6.54 Å². The molecular formula is C10H10N4O2. The first kappa shape index (κ1) is 9.41. The molecule has 0 amide bonds. The highest BCUT2D eigenvalue weighted by atomic mass is 16.5. The van der Waals surface area contributed by atoms with Gasteiger partial charge in [0, 0.05) is 31.8 Å². The van der Waals surface area contributed by atoms with Crippen molar-refractivity contribution in [1.29, 1.82) is 0 Å². The van der Waals surface area contributed by atoms with Crippen LogP contribution < -0.4 is 5.32 Å². The van der Waals surface area contributed by atoms with Crippen molar-refractivity contribution < 1.29 is 9.32 Å². The van der Waals surface area contributed by atoms with Gasteiger partial charge in [-0.05, 0) is 0 Å². The van der Waals surface area contributed by atoms with E-state index in [2.05, 4.69) is 20.4 Å². The molecule has 1 unspecified atom stereocenters. The number of ketones is 1. The fourth-order valence-electron chi connectivity index (χ4n) is 1.91. The molecule has 2 aromatic rings. The number of carbonyl (C=O) groups excluding carboxylic acids is 1. The van der Waals surface area contributed by atoms with E-state index < -0.39 is 0 Å². The summed E-state index contributed by atoms with van der Waals surface area (Å²) in [5.41, 5.74) is 1.73. The molecule has 0 saturated carbocycles. The maximum Gasteiger partial charge on any atom is 0.276 e. The van der Waals surface area contributed by atoms with Crippen molar-refractivity contribution in [2.45, 2.75) is 18.9 Å². The number of piperidine rings is 1. The van der Waals surface area contributed by atoms with Crippen LogP contribution in [-0.2, 0) is 4.79 Å². The molecule has 1 aliphatic heterocycles. The minimum absolute atomic E-state index is 0.0980. The minimum Gasteiger partial charge on any atom is -0.334 e. The Morgan fingerprint density at radius 3 is 3.12 bits per heavy atom. The molecule has 16 heavy (non-hydrogen) atoms. The molecule has 2 aromatic heterocycles. The number of hydrogen-bond acceptors (Lipinski definition) is 6. The zero-order valence-corrected chi connectivity index (χ0v) is 8.51. The lowest BCUT2D eigenvalue weighted by atomic mass is 10.0. The molecule has 3 heterocycles. The second kappa shape index (κ2) is 3.64. The summed E-state index contributed by atoms with van der Waals surface area (Å²) in [5.74, 6) is 0.240. The van der Waals surface area contributed by atoms with E-state index in [-0.39, 0.29) is 11.8 Å². The van der Waals surface area contributed by atoms with Gasteiger partial charge in [-0.25, -0.2) is 9.97 Å². The second-order valence-electron chi connectivity index (χ2n) is 3.78. The van der Waals surface area contributed by atoms with Crippen molar-refractivity contribution >= 4 is 17.0 Å². The molecule has 0 spiro atoms. The van der Waals surface area contributed by atoms with Crippen LogP contribution in [0.4, 0.5) is 0 Å².